The third-order valence-corrected chi connectivity index (χ3v) is 3.08. The smallest absolute Gasteiger partial charge is 0.164 e. The summed E-state index contributed by atoms with van der Waals surface area (Å²) in [5, 5.41) is 0. The van der Waals surface area contributed by atoms with E-state index in [9.17, 15) is 4.79 Å². The summed E-state index contributed by atoms with van der Waals surface area (Å²) in [7, 11) is 0. The van der Waals surface area contributed by atoms with Gasteiger partial charge in [-0.25, -0.2) is 0 Å². The largest absolute Gasteiger partial charge is 0.399 e. The van der Waals surface area contributed by atoms with Crippen molar-refractivity contribution in [1.82, 2.24) is 0 Å². The highest BCUT2D eigenvalue weighted by atomic mass is 79.9. The van der Waals surface area contributed by atoms with E-state index in [1.807, 2.05) is 6.07 Å². The third-order valence-electron chi connectivity index (χ3n) is 2.39. The molecule has 0 unspecified atom stereocenters. The second-order valence-electron chi connectivity index (χ2n) is 5.22. The van der Waals surface area contributed by atoms with E-state index in [0.717, 1.165) is 10.9 Å². The average Bonchev–Trinajstić information content (AvgIpc) is 2.17. The molecule has 1 aromatic carbocycles. The molecule has 0 aliphatic rings. The molecule has 3 heteroatoms. The van der Waals surface area contributed by atoms with Crippen LogP contribution in [0.15, 0.2) is 22.7 Å². The van der Waals surface area contributed by atoms with Gasteiger partial charge in [0.05, 0.1) is 0 Å². The minimum atomic E-state index is 0.147. The first kappa shape index (κ1) is 13.2. The van der Waals surface area contributed by atoms with Gasteiger partial charge in [-0.15, -0.1) is 0 Å². The molecule has 0 saturated carbocycles. The van der Waals surface area contributed by atoms with Gasteiger partial charge in [0.15, 0.2) is 5.78 Å². The monoisotopic (exact) mass is 283 g/mol. The van der Waals surface area contributed by atoms with Crippen LogP contribution < -0.4 is 5.73 Å². The van der Waals surface area contributed by atoms with Crippen LogP contribution in [-0.4, -0.2) is 5.78 Å². The molecule has 1 aromatic rings. The Kier molecular flexibility index (Phi) is 4.14. The van der Waals surface area contributed by atoms with Crippen LogP contribution in [0.1, 0.15) is 44.0 Å². The van der Waals surface area contributed by atoms with E-state index in [2.05, 4.69) is 36.7 Å². The highest BCUT2D eigenvalue weighted by Crippen LogP contribution is 2.25. The van der Waals surface area contributed by atoms with Crippen LogP contribution in [0.5, 0.6) is 0 Å². The van der Waals surface area contributed by atoms with Gasteiger partial charge >= 0.3 is 0 Å². The Bertz CT molecular complexity index is 393. The summed E-state index contributed by atoms with van der Waals surface area (Å²) in [6.07, 6.45) is 1.44. The molecule has 1 rings (SSSR count). The van der Waals surface area contributed by atoms with E-state index in [1.165, 1.54) is 0 Å². The molecule has 0 saturated heterocycles. The van der Waals surface area contributed by atoms with Crippen LogP contribution in [0.3, 0.4) is 0 Å². The van der Waals surface area contributed by atoms with Gasteiger partial charge in [0, 0.05) is 22.1 Å². The SMILES string of the molecule is CC(C)(C)CCC(=O)c1cc(N)ccc1Br. The quantitative estimate of drug-likeness (QED) is 0.672. The van der Waals surface area contributed by atoms with Crippen molar-refractivity contribution in [2.75, 3.05) is 5.73 Å². The van der Waals surface area contributed by atoms with Gasteiger partial charge in [-0.1, -0.05) is 36.7 Å². The topological polar surface area (TPSA) is 43.1 Å². The van der Waals surface area contributed by atoms with Gasteiger partial charge in [-0.3, -0.25) is 4.79 Å². The van der Waals surface area contributed by atoms with Crippen molar-refractivity contribution in [3.05, 3.63) is 28.2 Å². The summed E-state index contributed by atoms with van der Waals surface area (Å²) >= 11 is 3.38. The Hall–Kier alpha value is -0.830. The number of Topliss-reactive ketones (excluding diaryl/α,β-unsaturated/α-hetero) is 1. The van der Waals surface area contributed by atoms with Gasteiger partial charge in [-0.2, -0.15) is 0 Å². The Morgan fingerprint density at radius 2 is 2.00 bits per heavy atom. The van der Waals surface area contributed by atoms with E-state index >= 15 is 0 Å². The summed E-state index contributed by atoms with van der Waals surface area (Å²) in [5.74, 6) is 0.147. The number of rotatable bonds is 3. The molecule has 0 aliphatic carbocycles. The maximum absolute atomic E-state index is 12.0. The normalized spacial score (nSPS) is 11.5. The lowest BCUT2D eigenvalue weighted by Crippen LogP contribution is -2.09. The van der Waals surface area contributed by atoms with Gasteiger partial charge in [0.25, 0.3) is 0 Å². The first-order valence-electron chi connectivity index (χ1n) is 5.38. The number of carbonyl (C=O) groups is 1. The van der Waals surface area contributed by atoms with Crippen molar-refractivity contribution in [1.29, 1.82) is 0 Å². The number of carbonyl (C=O) groups excluding carboxylic acids is 1. The Morgan fingerprint density at radius 1 is 1.38 bits per heavy atom. The highest BCUT2D eigenvalue weighted by molar-refractivity contribution is 9.10. The van der Waals surface area contributed by atoms with Crippen molar-refractivity contribution in [3.8, 4) is 0 Å². The number of nitrogens with two attached hydrogens (primary N) is 1. The Labute approximate surface area is 105 Å². The van der Waals surface area contributed by atoms with Crippen molar-refractivity contribution in [3.63, 3.8) is 0 Å². The lowest BCUT2D eigenvalue weighted by Gasteiger charge is -2.17. The standard InChI is InChI=1S/C13H18BrNO/c1-13(2,3)7-6-12(16)10-8-9(15)4-5-11(10)14/h4-5,8H,6-7,15H2,1-3H3. The Balaban J connectivity index is 2.77. The van der Waals surface area contributed by atoms with E-state index in [-0.39, 0.29) is 11.2 Å². The van der Waals surface area contributed by atoms with E-state index in [1.54, 1.807) is 12.1 Å². The maximum Gasteiger partial charge on any atom is 0.164 e. The van der Waals surface area contributed by atoms with Crippen molar-refractivity contribution in [2.45, 2.75) is 33.6 Å². The van der Waals surface area contributed by atoms with Crippen LogP contribution >= 0.6 is 15.9 Å². The summed E-state index contributed by atoms with van der Waals surface area (Å²) in [4.78, 5) is 12.0. The number of anilines is 1. The summed E-state index contributed by atoms with van der Waals surface area (Å²) in [5.41, 5.74) is 7.17. The fourth-order valence-electron chi connectivity index (χ4n) is 1.38. The van der Waals surface area contributed by atoms with Crippen molar-refractivity contribution < 1.29 is 4.79 Å². The first-order valence-corrected chi connectivity index (χ1v) is 6.17. The number of halogens is 1. The molecule has 0 radical (unpaired) electrons. The van der Waals surface area contributed by atoms with Gasteiger partial charge in [0.1, 0.15) is 0 Å². The molecule has 0 aromatic heterocycles. The number of benzene rings is 1. The highest BCUT2D eigenvalue weighted by Gasteiger charge is 2.15. The van der Waals surface area contributed by atoms with Gasteiger partial charge < -0.3 is 5.73 Å². The predicted octanol–water partition coefficient (Wildman–Crippen LogP) is 4.04. The van der Waals surface area contributed by atoms with Crippen LogP contribution in [-0.2, 0) is 0 Å². The molecule has 0 atom stereocenters. The van der Waals surface area contributed by atoms with Crippen LogP contribution in [0.2, 0.25) is 0 Å². The fourth-order valence-corrected chi connectivity index (χ4v) is 1.85. The number of hydrogen-bond acceptors (Lipinski definition) is 2. The van der Waals surface area contributed by atoms with E-state index in [4.69, 9.17) is 5.73 Å². The summed E-state index contributed by atoms with van der Waals surface area (Å²) in [6, 6.07) is 5.33. The molecule has 0 spiro atoms. The molecule has 2 nitrogen and oxygen atoms in total. The molecule has 0 aliphatic heterocycles. The zero-order valence-corrected chi connectivity index (χ0v) is 11.6. The molecule has 2 N–H and O–H groups in total. The molecule has 0 amide bonds. The van der Waals surface area contributed by atoms with Crippen molar-refractivity contribution >= 4 is 27.4 Å². The molecule has 0 fully saturated rings. The Morgan fingerprint density at radius 3 is 2.56 bits per heavy atom. The molecule has 16 heavy (non-hydrogen) atoms. The molecule has 0 heterocycles. The third kappa shape index (κ3) is 3.97. The average molecular weight is 284 g/mol. The lowest BCUT2D eigenvalue weighted by atomic mass is 9.88. The molecule has 0 bridgehead atoms. The second kappa shape index (κ2) is 5.00. The number of hydrogen-bond donors (Lipinski definition) is 1. The zero-order valence-electron chi connectivity index (χ0n) is 10.0. The number of ketones is 1. The second-order valence-corrected chi connectivity index (χ2v) is 6.08. The van der Waals surface area contributed by atoms with Crippen LogP contribution in [0, 0.1) is 5.41 Å². The van der Waals surface area contributed by atoms with Crippen molar-refractivity contribution in [2.24, 2.45) is 5.41 Å². The van der Waals surface area contributed by atoms with Crippen LogP contribution in [0.4, 0.5) is 5.69 Å². The summed E-state index contributed by atoms with van der Waals surface area (Å²) in [6.45, 7) is 6.40. The molecular formula is C13H18BrNO. The molecule has 88 valence electrons. The van der Waals surface area contributed by atoms with Gasteiger partial charge in [-0.05, 0) is 30.0 Å². The maximum atomic E-state index is 12.0. The molecular weight excluding hydrogens is 266 g/mol. The predicted molar refractivity (Wildman–Crippen MR) is 71.6 cm³/mol. The first-order chi connectivity index (χ1) is 7.29. The fraction of sp³-hybridized carbons (Fsp3) is 0.462. The van der Waals surface area contributed by atoms with E-state index < -0.39 is 0 Å². The summed E-state index contributed by atoms with van der Waals surface area (Å²) < 4.78 is 0.820. The van der Waals surface area contributed by atoms with Gasteiger partial charge in [0.2, 0.25) is 0 Å². The minimum Gasteiger partial charge on any atom is -0.399 e. The van der Waals surface area contributed by atoms with Crippen LogP contribution in [0.25, 0.3) is 0 Å². The minimum absolute atomic E-state index is 0.147. The zero-order chi connectivity index (χ0) is 12.3. The van der Waals surface area contributed by atoms with E-state index in [0.29, 0.717) is 17.7 Å². The lowest BCUT2D eigenvalue weighted by molar-refractivity contribution is 0.0965. The number of nitrogen functional groups attached to an aromatic ring is 1.